The lowest BCUT2D eigenvalue weighted by Gasteiger charge is -2.20. The maximum Gasteiger partial charge on any atom is 0.318 e. The highest BCUT2D eigenvalue weighted by atomic mass is 16.5. The molecule has 2 heterocycles. The summed E-state index contributed by atoms with van der Waals surface area (Å²) >= 11 is 0. The number of carbonyl (C=O) groups excluding carboxylic acids is 2. The van der Waals surface area contributed by atoms with Crippen molar-refractivity contribution in [1.82, 2.24) is 20.5 Å². The third-order valence-electron chi connectivity index (χ3n) is 6.38. The monoisotopic (exact) mass is 521 g/mol. The topological polar surface area (TPSA) is 125 Å². The van der Waals surface area contributed by atoms with Crippen LogP contribution in [-0.2, 0) is 0 Å². The van der Waals surface area contributed by atoms with Crippen LogP contribution >= 0.6 is 0 Å². The second-order valence-corrected chi connectivity index (χ2v) is 9.29. The van der Waals surface area contributed by atoms with E-state index >= 15 is 0 Å². The maximum absolute atomic E-state index is 12.9. The zero-order valence-electron chi connectivity index (χ0n) is 22.0. The van der Waals surface area contributed by atoms with Gasteiger partial charge in [0.05, 0.1) is 11.1 Å². The number of aliphatic hydroxyl groups excluding tert-OH is 1. The number of amides is 3. The number of hydrogen-bond donors (Lipinski definition) is 4. The van der Waals surface area contributed by atoms with Gasteiger partial charge < -0.3 is 35.4 Å². The number of ether oxygens (including phenoxy) is 2. The highest BCUT2D eigenvalue weighted by Gasteiger charge is 2.20. The molecule has 1 aromatic heterocycles. The van der Waals surface area contributed by atoms with Gasteiger partial charge in [0, 0.05) is 43.5 Å². The molecule has 1 atom stereocenters. The first-order valence-electron chi connectivity index (χ1n) is 12.9. The molecular formula is C28H35N5O5. The third kappa shape index (κ3) is 6.70. The number of carbonyl (C=O) groups is 2. The lowest BCUT2D eigenvalue weighted by molar-refractivity contribution is 0.0745. The molecule has 10 nitrogen and oxygen atoms in total. The number of nitrogens with one attached hydrogen (secondary N) is 3. The van der Waals surface area contributed by atoms with Crippen molar-refractivity contribution in [2.24, 2.45) is 0 Å². The van der Waals surface area contributed by atoms with Gasteiger partial charge in [-0.05, 0) is 75.7 Å². The van der Waals surface area contributed by atoms with E-state index < -0.39 is 6.10 Å². The Morgan fingerprint density at radius 3 is 2.63 bits per heavy atom. The molecule has 3 aromatic rings. The molecule has 0 aliphatic carbocycles. The Labute approximate surface area is 222 Å². The molecule has 1 aliphatic heterocycles. The number of aromatic nitrogens is 1. The van der Waals surface area contributed by atoms with Gasteiger partial charge in [0.15, 0.2) is 0 Å². The summed E-state index contributed by atoms with van der Waals surface area (Å²) in [5.41, 5.74) is 2.43. The van der Waals surface area contributed by atoms with Gasteiger partial charge in [-0.3, -0.25) is 9.78 Å². The largest absolute Gasteiger partial charge is 0.490 e. The summed E-state index contributed by atoms with van der Waals surface area (Å²) in [7, 11) is 1.55. The molecule has 0 radical (unpaired) electrons. The van der Waals surface area contributed by atoms with Gasteiger partial charge in [-0.25, -0.2) is 4.79 Å². The van der Waals surface area contributed by atoms with Crippen molar-refractivity contribution in [2.45, 2.75) is 32.8 Å². The van der Waals surface area contributed by atoms with Crippen LogP contribution in [0, 0.1) is 6.92 Å². The molecule has 0 bridgehead atoms. The van der Waals surface area contributed by atoms with E-state index in [0.29, 0.717) is 52.5 Å². The van der Waals surface area contributed by atoms with E-state index in [2.05, 4.69) is 25.8 Å². The van der Waals surface area contributed by atoms with Crippen molar-refractivity contribution in [2.75, 3.05) is 45.2 Å². The summed E-state index contributed by atoms with van der Waals surface area (Å²) in [6, 6.07) is 10.2. The van der Waals surface area contributed by atoms with Gasteiger partial charge in [-0.2, -0.15) is 0 Å². The number of fused-ring (bicyclic) bond motifs is 1. The summed E-state index contributed by atoms with van der Waals surface area (Å²) in [5, 5.41) is 19.3. The number of β-amino-alcohol motifs (C(OH)–C–C–N with tert-alkyl or cyclic N) is 1. The number of urea groups is 1. The lowest BCUT2D eigenvalue weighted by atomic mass is 10.1. The number of nitrogens with zero attached hydrogens (tertiary/aromatic N) is 2. The number of rotatable bonds is 10. The number of benzene rings is 2. The predicted molar refractivity (Wildman–Crippen MR) is 146 cm³/mol. The number of pyridine rings is 1. The average Bonchev–Trinajstić information content (AvgIpc) is 3.41. The molecule has 38 heavy (non-hydrogen) atoms. The first-order valence-corrected chi connectivity index (χ1v) is 12.9. The van der Waals surface area contributed by atoms with Gasteiger partial charge in [0.1, 0.15) is 30.0 Å². The zero-order chi connectivity index (χ0) is 27.1. The maximum atomic E-state index is 12.9. The second-order valence-electron chi connectivity index (χ2n) is 9.29. The summed E-state index contributed by atoms with van der Waals surface area (Å²) in [5.74, 6) is 1.16. The molecule has 4 rings (SSSR count). The van der Waals surface area contributed by atoms with Crippen molar-refractivity contribution in [3.05, 3.63) is 53.7 Å². The van der Waals surface area contributed by atoms with Crippen LogP contribution < -0.4 is 25.4 Å². The molecule has 4 N–H and O–H groups in total. The Balaban J connectivity index is 1.59. The van der Waals surface area contributed by atoms with E-state index in [1.807, 2.05) is 19.9 Å². The molecule has 1 saturated heterocycles. The molecule has 3 amide bonds. The lowest BCUT2D eigenvalue weighted by Crippen LogP contribution is -2.34. The summed E-state index contributed by atoms with van der Waals surface area (Å²) in [6.07, 6.45) is 3.25. The number of anilines is 1. The van der Waals surface area contributed by atoms with Crippen LogP contribution in [0.4, 0.5) is 10.5 Å². The minimum absolute atomic E-state index is 0.0698. The first-order chi connectivity index (χ1) is 18.4. The number of hydrogen-bond acceptors (Lipinski definition) is 7. The molecule has 0 saturated carbocycles. The fraction of sp³-hybridized carbons (Fsp3) is 0.393. The van der Waals surface area contributed by atoms with Gasteiger partial charge in [0.25, 0.3) is 5.91 Å². The van der Waals surface area contributed by atoms with Crippen LogP contribution in [0.3, 0.4) is 0 Å². The Kier molecular flexibility index (Phi) is 8.98. The van der Waals surface area contributed by atoms with Crippen molar-refractivity contribution in [3.63, 3.8) is 0 Å². The van der Waals surface area contributed by atoms with Crippen LogP contribution in [0.2, 0.25) is 0 Å². The summed E-state index contributed by atoms with van der Waals surface area (Å²) in [6.45, 7) is 6.75. The fourth-order valence-electron chi connectivity index (χ4n) is 4.44. The van der Waals surface area contributed by atoms with Gasteiger partial charge >= 0.3 is 6.03 Å². The Bertz CT molecular complexity index is 1290. The zero-order valence-corrected chi connectivity index (χ0v) is 22.0. The Morgan fingerprint density at radius 1 is 1.13 bits per heavy atom. The minimum atomic E-state index is -0.669. The van der Waals surface area contributed by atoms with Crippen LogP contribution in [0.25, 0.3) is 10.9 Å². The SMILES string of the molecule is CCNC(=O)c1cc2c(Oc3ccc(NC(=O)NC)c(C)c3)ccnc2cc1OC[C@H](O)CN1CCCC1. The number of aliphatic hydroxyl groups is 1. The van der Waals surface area contributed by atoms with E-state index in [1.54, 1.807) is 43.6 Å². The average molecular weight is 522 g/mol. The molecule has 2 aromatic carbocycles. The van der Waals surface area contributed by atoms with Crippen LogP contribution in [0.5, 0.6) is 17.2 Å². The van der Waals surface area contributed by atoms with Gasteiger partial charge in [0.2, 0.25) is 0 Å². The first kappa shape index (κ1) is 27.2. The van der Waals surface area contributed by atoms with Crippen LogP contribution in [0.15, 0.2) is 42.6 Å². The normalized spacial score (nSPS) is 14.2. The van der Waals surface area contributed by atoms with E-state index in [9.17, 15) is 14.7 Å². The van der Waals surface area contributed by atoms with Crippen molar-refractivity contribution in [1.29, 1.82) is 0 Å². The fourth-order valence-corrected chi connectivity index (χ4v) is 4.44. The van der Waals surface area contributed by atoms with Gasteiger partial charge in [-0.1, -0.05) is 0 Å². The Hall–Kier alpha value is -3.89. The molecular weight excluding hydrogens is 486 g/mol. The quantitative estimate of drug-likeness (QED) is 0.321. The van der Waals surface area contributed by atoms with E-state index in [-0.39, 0.29) is 18.5 Å². The van der Waals surface area contributed by atoms with Crippen LogP contribution in [0.1, 0.15) is 35.7 Å². The molecule has 0 unspecified atom stereocenters. The van der Waals surface area contributed by atoms with Gasteiger partial charge in [-0.15, -0.1) is 0 Å². The smallest absolute Gasteiger partial charge is 0.318 e. The summed E-state index contributed by atoms with van der Waals surface area (Å²) < 4.78 is 12.1. The molecule has 202 valence electrons. The van der Waals surface area contributed by atoms with E-state index in [4.69, 9.17) is 9.47 Å². The molecule has 0 spiro atoms. The molecule has 10 heteroatoms. The third-order valence-corrected chi connectivity index (χ3v) is 6.38. The number of aryl methyl sites for hydroxylation is 1. The summed E-state index contributed by atoms with van der Waals surface area (Å²) in [4.78, 5) is 31.3. The van der Waals surface area contributed by atoms with Crippen LogP contribution in [-0.4, -0.2) is 72.9 Å². The van der Waals surface area contributed by atoms with E-state index in [1.165, 1.54) is 0 Å². The van der Waals surface area contributed by atoms with Crippen molar-refractivity contribution >= 4 is 28.5 Å². The van der Waals surface area contributed by atoms with Crippen molar-refractivity contribution in [3.8, 4) is 17.2 Å². The van der Waals surface area contributed by atoms with E-state index in [0.717, 1.165) is 31.5 Å². The second kappa shape index (κ2) is 12.6. The standard InChI is InChI=1S/C28H35N5O5/c1-4-30-27(35)22-14-21-24(15-26(22)37-17-19(34)16-33-11-5-6-12-33)31-10-9-25(21)38-20-7-8-23(18(2)13-20)32-28(36)29-3/h7-10,13-15,19,34H,4-6,11-12,16-17H2,1-3H3,(H,30,35)(H2,29,32,36)/t19-/m1/s1. The Morgan fingerprint density at radius 2 is 1.92 bits per heavy atom. The molecule has 1 fully saturated rings. The predicted octanol–water partition coefficient (Wildman–Crippen LogP) is 3.67. The molecule has 1 aliphatic rings. The van der Waals surface area contributed by atoms with Crippen molar-refractivity contribution < 1.29 is 24.2 Å². The highest BCUT2D eigenvalue weighted by Crippen LogP contribution is 2.34. The minimum Gasteiger partial charge on any atom is -0.490 e. The highest BCUT2D eigenvalue weighted by molar-refractivity contribution is 6.02. The number of likely N-dealkylation sites (tertiary alicyclic amines) is 1.